The summed E-state index contributed by atoms with van der Waals surface area (Å²) in [6.45, 7) is 9.15. The zero-order chi connectivity index (χ0) is 19.6. The van der Waals surface area contributed by atoms with E-state index in [2.05, 4.69) is 45.9 Å². The van der Waals surface area contributed by atoms with Crippen molar-refractivity contribution in [2.45, 2.75) is 53.4 Å². The highest BCUT2D eigenvalue weighted by Crippen LogP contribution is 2.35. The van der Waals surface area contributed by atoms with Crippen molar-refractivity contribution in [3.05, 3.63) is 69.8 Å². The molecule has 2 aromatic rings. The first-order valence-electron chi connectivity index (χ1n) is 9.78. The lowest BCUT2D eigenvalue weighted by molar-refractivity contribution is 0.0600. The molecule has 0 aliphatic heterocycles. The van der Waals surface area contributed by atoms with Gasteiger partial charge in [-0.05, 0) is 90.5 Å². The van der Waals surface area contributed by atoms with Crippen LogP contribution < -0.4 is 0 Å². The van der Waals surface area contributed by atoms with E-state index in [1.165, 1.54) is 54.2 Å². The number of rotatable bonds is 3. The quantitative estimate of drug-likeness (QED) is 0.366. The number of allylic oxidation sites excluding steroid dienone is 1. The summed E-state index contributed by atoms with van der Waals surface area (Å²) in [5.74, 6) is -0.299. The highest BCUT2D eigenvalue weighted by atomic mass is 16.5. The first kappa shape index (κ1) is 19.4. The number of ether oxygens (including phenoxy) is 1. The molecule has 27 heavy (non-hydrogen) atoms. The van der Waals surface area contributed by atoms with Crippen LogP contribution in [0.15, 0.2) is 36.4 Å². The zero-order valence-electron chi connectivity index (χ0n) is 17.2. The van der Waals surface area contributed by atoms with Crippen LogP contribution in [0.1, 0.15) is 71.8 Å². The van der Waals surface area contributed by atoms with Gasteiger partial charge in [0.25, 0.3) is 0 Å². The van der Waals surface area contributed by atoms with E-state index in [-0.39, 0.29) is 5.97 Å². The molecule has 0 bridgehead atoms. The number of fused-ring (bicyclic) bond motifs is 1. The maximum Gasteiger partial charge on any atom is 0.337 e. The van der Waals surface area contributed by atoms with Crippen molar-refractivity contribution in [1.29, 1.82) is 0 Å². The minimum absolute atomic E-state index is 0.299. The van der Waals surface area contributed by atoms with E-state index in [9.17, 15) is 4.79 Å². The molecule has 0 amide bonds. The number of carbonyl (C=O) groups excluding carboxylic acids is 1. The summed E-state index contributed by atoms with van der Waals surface area (Å²) in [6.07, 6.45) is 7.05. The summed E-state index contributed by atoms with van der Waals surface area (Å²) < 4.78 is 4.77. The number of benzene rings is 2. The molecular formula is C25H30O2. The summed E-state index contributed by atoms with van der Waals surface area (Å²) in [7, 11) is 1.41. The molecule has 0 atom stereocenters. The Morgan fingerprint density at radius 3 is 2.22 bits per heavy atom. The van der Waals surface area contributed by atoms with Crippen molar-refractivity contribution < 1.29 is 9.53 Å². The second kappa shape index (κ2) is 7.72. The summed E-state index contributed by atoms with van der Waals surface area (Å²) in [5, 5.41) is 0. The molecule has 0 heterocycles. The molecule has 2 heteroatoms. The van der Waals surface area contributed by atoms with E-state index in [1.807, 2.05) is 24.3 Å². The zero-order valence-corrected chi connectivity index (χ0v) is 17.2. The highest BCUT2D eigenvalue weighted by molar-refractivity contribution is 5.90. The van der Waals surface area contributed by atoms with Crippen LogP contribution in [0.25, 0.3) is 11.6 Å². The molecule has 2 aromatic carbocycles. The monoisotopic (exact) mass is 362 g/mol. The van der Waals surface area contributed by atoms with E-state index >= 15 is 0 Å². The van der Waals surface area contributed by atoms with Gasteiger partial charge in [0, 0.05) is 0 Å². The number of hydrogen-bond acceptors (Lipinski definition) is 2. The normalized spacial score (nSPS) is 16.4. The summed E-state index contributed by atoms with van der Waals surface area (Å²) in [5.41, 5.74) is 9.06. The van der Waals surface area contributed by atoms with Crippen LogP contribution in [-0.4, -0.2) is 13.1 Å². The van der Waals surface area contributed by atoms with Crippen LogP contribution in [0.5, 0.6) is 0 Å². The average Bonchev–Trinajstić information content (AvgIpc) is 2.79. The maximum atomic E-state index is 11.6. The Morgan fingerprint density at radius 2 is 1.63 bits per heavy atom. The van der Waals surface area contributed by atoms with Crippen LogP contribution >= 0.6 is 0 Å². The lowest BCUT2D eigenvalue weighted by Gasteiger charge is -2.21. The van der Waals surface area contributed by atoms with E-state index in [1.54, 1.807) is 0 Å². The second-order valence-electron chi connectivity index (χ2n) is 8.54. The topological polar surface area (TPSA) is 26.3 Å². The largest absolute Gasteiger partial charge is 0.465 e. The van der Waals surface area contributed by atoms with Gasteiger partial charge >= 0.3 is 5.97 Å². The molecule has 0 saturated carbocycles. The summed E-state index contributed by atoms with van der Waals surface area (Å²) in [6, 6.07) is 12.4. The Kier molecular flexibility index (Phi) is 5.55. The highest BCUT2D eigenvalue weighted by Gasteiger charge is 2.23. The van der Waals surface area contributed by atoms with Gasteiger partial charge in [-0.25, -0.2) is 4.79 Å². The molecule has 0 radical (unpaired) electrons. The fourth-order valence-electron chi connectivity index (χ4n) is 3.93. The first-order chi connectivity index (χ1) is 12.8. The lowest BCUT2D eigenvalue weighted by Crippen LogP contribution is -2.10. The van der Waals surface area contributed by atoms with Gasteiger partial charge in [-0.15, -0.1) is 0 Å². The van der Waals surface area contributed by atoms with Crippen LogP contribution in [0.3, 0.4) is 0 Å². The van der Waals surface area contributed by atoms with E-state index in [0.29, 0.717) is 11.0 Å². The Balaban J connectivity index is 1.89. The van der Waals surface area contributed by atoms with Crippen molar-refractivity contribution in [2.75, 3.05) is 7.11 Å². The minimum Gasteiger partial charge on any atom is -0.465 e. The van der Waals surface area contributed by atoms with Crippen molar-refractivity contribution >= 4 is 17.6 Å². The van der Waals surface area contributed by atoms with Gasteiger partial charge in [0.1, 0.15) is 0 Å². The third kappa shape index (κ3) is 4.50. The molecule has 0 fully saturated rings. The molecule has 1 aliphatic carbocycles. The number of hydrogen-bond donors (Lipinski definition) is 0. The molecule has 3 rings (SSSR count). The van der Waals surface area contributed by atoms with Gasteiger partial charge in [-0.1, -0.05) is 44.2 Å². The third-order valence-corrected chi connectivity index (χ3v) is 5.83. The maximum absolute atomic E-state index is 11.6. The predicted molar refractivity (Wildman–Crippen MR) is 113 cm³/mol. The number of aryl methyl sites for hydroxylation is 3. The van der Waals surface area contributed by atoms with Crippen LogP contribution in [0.2, 0.25) is 0 Å². The molecule has 0 N–H and O–H groups in total. The van der Waals surface area contributed by atoms with E-state index in [0.717, 1.165) is 12.0 Å². The Bertz CT molecular complexity index is 870. The Morgan fingerprint density at radius 1 is 1.04 bits per heavy atom. The molecule has 0 spiro atoms. The molecule has 0 unspecified atom stereocenters. The average molecular weight is 363 g/mol. The van der Waals surface area contributed by atoms with E-state index < -0.39 is 0 Å². The van der Waals surface area contributed by atoms with Gasteiger partial charge in [0.15, 0.2) is 0 Å². The van der Waals surface area contributed by atoms with Crippen molar-refractivity contribution in [3.63, 3.8) is 0 Å². The van der Waals surface area contributed by atoms with Gasteiger partial charge in [-0.2, -0.15) is 0 Å². The fourth-order valence-corrected chi connectivity index (χ4v) is 3.93. The summed E-state index contributed by atoms with van der Waals surface area (Å²) >= 11 is 0. The van der Waals surface area contributed by atoms with Gasteiger partial charge < -0.3 is 4.74 Å². The van der Waals surface area contributed by atoms with Crippen molar-refractivity contribution in [2.24, 2.45) is 5.41 Å². The summed E-state index contributed by atoms with van der Waals surface area (Å²) in [4.78, 5) is 11.6. The number of carbonyl (C=O) groups is 1. The predicted octanol–water partition coefficient (Wildman–Crippen LogP) is 6.25. The first-order valence-corrected chi connectivity index (χ1v) is 9.78. The fraction of sp³-hybridized carbons (Fsp3) is 0.400. The smallest absolute Gasteiger partial charge is 0.337 e. The van der Waals surface area contributed by atoms with Gasteiger partial charge in [0.2, 0.25) is 0 Å². The van der Waals surface area contributed by atoms with Crippen LogP contribution in [-0.2, 0) is 17.6 Å². The molecular weight excluding hydrogens is 332 g/mol. The Labute approximate surface area is 163 Å². The van der Waals surface area contributed by atoms with Crippen molar-refractivity contribution in [3.8, 4) is 0 Å². The van der Waals surface area contributed by atoms with Gasteiger partial charge in [0.05, 0.1) is 12.7 Å². The molecule has 142 valence electrons. The minimum atomic E-state index is -0.299. The van der Waals surface area contributed by atoms with Crippen LogP contribution in [0.4, 0.5) is 0 Å². The molecule has 0 aromatic heterocycles. The molecule has 2 nitrogen and oxygen atoms in total. The Hall–Kier alpha value is -2.35. The number of esters is 1. The van der Waals surface area contributed by atoms with Crippen LogP contribution in [0, 0.1) is 12.3 Å². The third-order valence-electron chi connectivity index (χ3n) is 5.83. The van der Waals surface area contributed by atoms with E-state index in [4.69, 9.17) is 4.74 Å². The molecule has 1 aliphatic rings. The molecule has 0 saturated heterocycles. The standard InChI is InChI=1S/C25H30O2/c1-17(14-19-6-8-20(9-7-19)24(26)27-5)23-16-22-11-13-25(3,4)12-10-21(22)15-18(23)2/h6-9,14-16H,10-13H2,1-5H3/b17-14+. The lowest BCUT2D eigenvalue weighted by atomic mass is 9.85. The SMILES string of the molecule is COC(=O)c1ccc(/C=C(\C)c2cc3c(cc2C)CCC(C)(C)CC3)cc1. The van der Waals surface area contributed by atoms with Crippen molar-refractivity contribution in [1.82, 2.24) is 0 Å². The second-order valence-corrected chi connectivity index (χ2v) is 8.54. The van der Waals surface area contributed by atoms with Gasteiger partial charge in [-0.3, -0.25) is 0 Å². The number of methoxy groups -OCH3 is 1.